The van der Waals surface area contributed by atoms with Gasteiger partial charge in [-0.3, -0.25) is 0 Å². The second-order valence-electron chi connectivity index (χ2n) is 13.9. The Morgan fingerprint density at radius 1 is 0.455 bits per heavy atom. The summed E-state index contributed by atoms with van der Waals surface area (Å²) >= 11 is 0. The van der Waals surface area contributed by atoms with Crippen LogP contribution in [0.1, 0.15) is 33.4 Å². The molecule has 0 aliphatic carbocycles. The van der Waals surface area contributed by atoms with Gasteiger partial charge in [-0.25, -0.2) is 0 Å². The monoisotopic (exact) mass is 700 g/mol. The van der Waals surface area contributed by atoms with Crippen LogP contribution in [-0.4, -0.2) is 4.57 Å². The van der Waals surface area contributed by atoms with Crippen molar-refractivity contribution < 1.29 is 0 Å². The predicted molar refractivity (Wildman–Crippen MR) is 222 cm³/mol. The van der Waals surface area contributed by atoms with Crippen LogP contribution < -0.4 is 4.90 Å². The zero-order valence-electron chi connectivity index (χ0n) is 29.8. The first-order valence-electron chi connectivity index (χ1n) is 18.4. The standard InChI is InChI=1S/C51H32N4/c52-33-35-26-31-47-43(32-35)42-19-7-10-23-46(42)55(47)50-37(34-53)14-13-20-41(50)36-27-29-40(30-28-36)54-48-24-11-8-21-44(48)51(38-15-3-1-4-16-38,39-17-5-2-6-18-39)45-22-9-12-25-49(45)54/h1-32H. The smallest absolute Gasteiger partial charge is 0.101 e. The van der Waals surface area contributed by atoms with Gasteiger partial charge in [0.05, 0.1) is 50.7 Å². The number of nitrogens with zero attached hydrogens (tertiary/aromatic N) is 4. The Labute approximate surface area is 319 Å². The summed E-state index contributed by atoms with van der Waals surface area (Å²) in [4.78, 5) is 2.38. The fraction of sp³-hybridized carbons (Fsp3) is 0.0196. The van der Waals surface area contributed by atoms with Crippen LogP contribution in [0.15, 0.2) is 194 Å². The zero-order chi connectivity index (χ0) is 36.9. The molecule has 1 aliphatic heterocycles. The molecule has 0 spiro atoms. The Morgan fingerprint density at radius 2 is 1.04 bits per heavy atom. The van der Waals surface area contributed by atoms with E-state index in [1.807, 2.05) is 42.5 Å². The molecular formula is C51H32N4. The molecule has 0 saturated carbocycles. The molecular weight excluding hydrogens is 669 g/mol. The molecule has 0 unspecified atom stereocenters. The van der Waals surface area contributed by atoms with Crippen LogP contribution in [0.4, 0.5) is 17.1 Å². The lowest BCUT2D eigenvalue weighted by molar-refractivity contribution is 0.731. The van der Waals surface area contributed by atoms with Gasteiger partial charge in [-0.15, -0.1) is 0 Å². The summed E-state index contributed by atoms with van der Waals surface area (Å²) < 4.78 is 2.18. The molecule has 55 heavy (non-hydrogen) atoms. The van der Waals surface area contributed by atoms with Crippen molar-refractivity contribution in [3.8, 4) is 29.0 Å². The molecule has 2 heterocycles. The van der Waals surface area contributed by atoms with E-state index in [1.54, 1.807) is 0 Å². The van der Waals surface area contributed by atoms with Crippen molar-refractivity contribution in [3.63, 3.8) is 0 Å². The number of anilines is 3. The highest BCUT2D eigenvalue weighted by molar-refractivity contribution is 6.10. The first-order valence-corrected chi connectivity index (χ1v) is 18.4. The van der Waals surface area contributed by atoms with Crippen molar-refractivity contribution in [2.45, 2.75) is 5.41 Å². The molecule has 0 amide bonds. The van der Waals surface area contributed by atoms with Crippen LogP contribution >= 0.6 is 0 Å². The minimum atomic E-state index is -0.533. The molecule has 1 aromatic heterocycles. The van der Waals surface area contributed by atoms with Crippen molar-refractivity contribution in [1.82, 2.24) is 4.57 Å². The Balaban J connectivity index is 1.16. The van der Waals surface area contributed by atoms with Crippen molar-refractivity contribution in [2.75, 3.05) is 4.90 Å². The SMILES string of the molecule is N#Cc1ccc2c(c1)c1ccccc1n2-c1c(C#N)cccc1-c1ccc(N2c3ccccc3C(c3ccccc3)(c3ccccc3)c3ccccc32)cc1. The maximum atomic E-state index is 10.5. The number of benzene rings is 8. The van der Waals surface area contributed by atoms with Gasteiger partial charge in [-0.1, -0.05) is 140 Å². The number of nitriles is 2. The lowest BCUT2D eigenvalue weighted by Gasteiger charge is -2.46. The molecule has 0 N–H and O–H groups in total. The van der Waals surface area contributed by atoms with Crippen LogP contribution in [0, 0.1) is 22.7 Å². The molecule has 0 bridgehead atoms. The molecule has 0 fully saturated rings. The molecule has 4 nitrogen and oxygen atoms in total. The predicted octanol–water partition coefficient (Wildman–Crippen LogP) is 12.4. The zero-order valence-corrected chi connectivity index (χ0v) is 29.8. The second kappa shape index (κ2) is 12.8. The van der Waals surface area contributed by atoms with E-state index in [4.69, 9.17) is 0 Å². The van der Waals surface area contributed by atoms with Crippen LogP contribution in [0.25, 0.3) is 38.6 Å². The van der Waals surface area contributed by atoms with Crippen LogP contribution in [-0.2, 0) is 5.41 Å². The average molecular weight is 701 g/mol. The number of hydrogen-bond acceptors (Lipinski definition) is 3. The quantitative estimate of drug-likeness (QED) is 0.180. The molecule has 8 aromatic carbocycles. The van der Waals surface area contributed by atoms with E-state index in [2.05, 4.69) is 173 Å². The largest absolute Gasteiger partial charge is 0.310 e. The number of rotatable bonds is 5. The summed E-state index contributed by atoms with van der Waals surface area (Å²) in [6, 6.07) is 72.6. The highest BCUT2D eigenvalue weighted by Gasteiger charge is 2.46. The summed E-state index contributed by atoms with van der Waals surface area (Å²) in [5.74, 6) is 0. The first-order chi connectivity index (χ1) is 27.2. The fourth-order valence-corrected chi connectivity index (χ4v) is 8.87. The van der Waals surface area contributed by atoms with Gasteiger partial charge in [0.2, 0.25) is 0 Å². The molecule has 256 valence electrons. The average Bonchev–Trinajstić information content (AvgIpc) is 3.59. The summed E-state index contributed by atoms with van der Waals surface area (Å²) in [5.41, 5.74) is 13.5. The first kappa shape index (κ1) is 32.0. The van der Waals surface area contributed by atoms with Crippen molar-refractivity contribution in [3.05, 3.63) is 228 Å². The molecule has 4 heteroatoms. The third kappa shape index (κ3) is 4.76. The van der Waals surface area contributed by atoms with Gasteiger partial charge in [-0.2, -0.15) is 10.5 Å². The van der Waals surface area contributed by atoms with Crippen molar-refractivity contribution >= 4 is 38.9 Å². The van der Waals surface area contributed by atoms with Crippen LogP contribution in [0.3, 0.4) is 0 Å². The minimum Gasteiger partial charge on any atom is -0.310 e. The van der Waals surface area contributed by atoms with E-state index >= 15 is 0 Å². The van der Waals surface area contributed by atoms with Crippen LogP contribution in [0.2, 0.25) is 0 Å². The van der Waals surface area contributed by atoms with E-state index in [0.717, 1.165) is 55.7 Å². The molecule has 0 saturated heterocycles. The Hall–Kier alpha value is -7.66. The fourth-order valence-electron chi connectivity index (χ4n) is 8.87. The van der Waals surface area contributed by atoms with E-state index in [9.17, 15) is 10.5 Å². The number of fused-ring (bicyclic) bond motifs is 5. The molecule has 0 atom stereocenters. The molecule has 10 rings (SSSR count). The lowest BCUT2D eigenvalue weighted by atomic mass is 9.62. The Morgan fingerprint density at radius 3 is 1.67 bits per heavy atom. The number of aromatic nitrogens is 1. The normalized spacial score (nSPS) is 12.8. The van der Waals surface area contributed by atoms with Gasteiger partial charge >= 0.3 is 0 Å². The molecule has 9 aromatic rings. The second-order valence-corrected chi connectivity index (χ2v) is 13.9. The van der Waals surface area contributed by atoms with Crippen molar-refractivity contribution in [1.29, 1.82) is 10.5 Å². The van der Waals surface area contributed by atoms with E-state index in [-0.39, 0.29) is 0 Å². The van der Waals surface area contributed by atoms with Crippen molar-refractivity contribution in [2.24, 2.45) is 0 Å². The van der Waals surface area contributed by atoms with Crippen LogP contribution in [0.5, 0.6) is 0 Å². The van der Waals surface area contributed by atoms with E-state index in [0.29, 0.717) is 11.1 Å². The van der Waals surface area contributed by atoms with Gasteiger partial charge in [0, 0.05) is 22.0 Å². The highest BCUT2D eigenvalue weighted by Crippen LogP contribution is 2.57. The van der Waals surface area contributed by atoms with Gasteiger partial charge < -0.3 is 9.47 Å². The maximum absolute atomic E-state index is 10.5. The topological polar surface area (TPSA) is 55.8 Å². The third-order valence-corrected chi connectivity index (χ3v) is 11.1. The highest BCUT2D eigenvalue weighted by atomic mass is 15.2. The van der Waals surface area contributed by atoms with E-state index < -0.39 is 5.41 Å². The van der Waals surface area contributed by atoms with Gasteiger partial charge in [0.25, 0.3) is 0 Å². The summed E-state index contributed by atoms with van der Waals surface area (Å²) in [7, 11) is 0. The summed E-state index contributed by atoms with van der Waals surface area (Å²) in [5, 5.41) is 22.2. The van der Waals surface area contributed by atoms with Gasteiger partial charge in [0.1, 0.15) is 6.07 Å². The number of para-hydroxylation sites is 4. The summed E-state index contributed by atoms with van der Waals surface area (Å²) in [6.07, 6.45) is 0. The lowest BCUT2D eigenvalue weighted by Crippen LogP contribution is -2.37. The molecule has 1 aliphatic rings. The Bertz CT molecular complexity index is 2910. The third-order valence-electron chi connectivity index (χ3n) is 11.1. The van der Waals surface area contributed by atoms with Gasteiger partial charge in [0.15, 0.2) is 0 Å². The number of hydrogen-bond donors (Lipinski definition) is 0. The molecule has 0 radical (unpaired) electrons. The Kier molecular flexibility index (Phi) is 7.44. The van der Waals surface area contributed by atoms with E-state index in [1.165, 1.54) is 22.3 Å². The summed E-state index contributed by atoms with van der Waals surface area (Å²) in [6.45, 7) is 0. The minimum absolute atomic E-state index is 0.533. The maximum Gasteiger partial charge on any atom is 0.101 e. The van der Waals surface area contributed by atoms with Gasteiger partial charge in [-0.05, 0) is 82.4 Å².